The van der Waals surface area contributed by atoms with Gasteiger partial charge in [-0.25, -0.2) is 4.79 Å². The molecule has 0 saturated carbocycles. The smallest absolute Gasteiger partial charge is 0.339 e. The fraction of sp³-hybridized carbons (Fsp3) is 0.476. The van der Waals surface area contributed by atoms with E-state index in [1.807, 2.05) is 38.1 Å². The second kappa shape index (κ2) is 7.85. The molecule has 0 bridgehead atoms. The van der Waals surface area contributed by atoms with Gasteiger partial charge in [0.2, 0.25) is 0 Å². The van der Waals surface area contributed by atoms with Crippen molar-refractivity contribution in [3.05, 3.63) is 41.1 Å². The molecule has 26 heavy (non-hydrogen) atoms. The number of carbonyl (C=O) groups excluding carboxylic acids is 2. The number of carbonyl (C=O) groups is 2. The van der Waals surface area contributed by atoms with Crippen LogP contribution < -0.4 is 5.32 Å². The minimum Gasteiger partial charge on any atom is -0.449 e. The Labute approximate surface area is 154 Å². The molecule has 1 atom stereocenters. The third-order valence-corrected chi connectivity index (χ3v) is 4.71. The number of esters is 1. The molecule has 3 rings (SSSR count). The fourth-order valence-electron chi connectivity index (χ4n) is 3.46. The number of amides is 1. The van der Waals surface area contributed by atoms with Crippen LogP contribution in [0.2, 0.25) is 0 Å². The normalized spacial score (nSPS) is 15.2. The van der Waals surface area contributed by atoms with E-state index in [1.54, 1.807) is 6.92 Å². The highest BCUT2D eigenvalue weighted by Crippen LogP contribution is 2.29. The molecule has 1 amide bonds. The fourth-order valence-corrected chi connectivity index (χ4v) is 3.46. The van der Waals surface area contributed by atoms with Crippen molar-refractivity contribution in [3.8, 4) is 0 Å². The highest BCUT2D eigenvalue weighted by Gasteiger charge is 2.26. The van der Waals surface area contributed by atoms with Gasteiger partial charge in [-0.3, -0.25) is 9.78 Å². The van der Waals surface area contributed by atoms with Gasteiger partial charge < -0.3 is 10.1 Å². The van der Waals surface area contributed by atoms with Gasteiger partial charge in [0.25, 0.3) is 5.91 Å². The van der Waals surface area contributed by atoms with E-state index in [2.05, 4.69) is 5.32 Å². The number of benzene rings is 1. The molecule has 5 nitrogen and oxygen atoms in total. The second-order valence-corrected chi connectivity index (χ2v) is 7.20. The zero-order valence-electron chi connectivity index (χ0n) is 15.7. The summed E-state index contributed by atoms with van der Waals surface area (Å²) in [7, 11) is 0. The molecule has 1 aliphatic rings. The number of aryl methyl sites for hydroxylation is 1. The van der Waals surface area contributed by atoms with Gasteiger partial charge in [-0.2, -0.15) is 0 Å². The van der Waals surface area contributed by atoms with Gasteiger partial charge >= 0.3 is 5.97 Å². The zero-order chi connectivity index (χ0) is 18.7. The molecule has 0 radical (unpaired) electrons. The summed E-state index contributed by atoms with van der Waals surface area (Å²) in [6, 6.07) is 7.65. The van der Waals surface area contributed by atoms with Crippen molar-refractivity contribution in [2.45, 2.75) is 65.0 Å². The molecule has 1 aromatic heterocycles. The highest BCUT2D eigenvalue weighted by molar-refractivity contribution is 6.05. The number of para-hydroxylation sites is 1. The van der Waals surface area contributed by atoms with Crippen molar-refractivity contribution >= 4 is 22.8 Å². The molecule has 0 fully saturated rings. The predicted molar refractivity (Wildman–Crippen MR) is 101 cm³/mol. The van der Waals surface area contributed by atoms with Gasteiger partial charge in [0.1, 0.15) is 0 Å². The Morgan fingerprint density at radius 3 is 2.58 bits per heavy atom. The molecule has 1 N–H and O–H groups in total. The molecule has 1 aliphatic carbocycles. The first-order valence-corrected chi connectivity index (χ1v) is 9.39. The van der Waals surface area contributed by atoms with Crippen LogP contribution in [-0.4, -0.2) is 29.0 Å². The van der Waals surface area contributed by atoms with E-state index in [9.17, 15) is 9.59 Å². The largest absolute Gasteiger partial charge is 0.449 e. The third kappa shape index (κ3) is 3.87. The van der Waals surface area contributed by atoms with Crippen LogP contribution in [0.25, 0.3) is 10.9 Å². The van der Waals surface area contributed by atoms with Crippen molar-refractivity contribution < 1.29 is 14.3 Å². The van der Waals surface area contributed by atoms with E-state index < -0.39 is 12.1 Å². The molecule has 138 valence electrons. The lowest BCUT2D eigenvalue weighted by Crippen LogP contribution is -2.39. The van der Waals surface area contributed by atoms with E-state index >= 15 is 0 Å². The summed E-state index contributed by atoms with van der Waals surface area (Å²) in [5.74, 6) is -0.717. The number of fused-ring (bicyclic) bond motifs is 2. The van der Waals surface area contributed by atoms with Crippen LogP contribution in [-0.2, 0) is 22.4 Å². The van der Waals surface area contributed by atoms with E-state index in [-0.39, 0.29) is 11.9 Å². The van der Waals surface area contributed by atoms with Crippen LogP contribution in [0.4, 0.5) is 0 Å². The number of pyridine rings is 1. The van der Waals surface area contributed by atoms with Gasteiger partial charge in [-0.1, -0.05) is 24.6 Å². The highest BCUT2D eigenvalue weighted by atomic mass is 16.5. The minimum atomic E-state index is -0.835. The Bertz CT molecular complexity index is 829. The van der Waals surface area contributed by atoms with Gasteiger partial charge in [-0.15, -0.1) is 0 Å². The topological polar surface area (TPSA) is 68.3 Å². The Morgan fingerprint density at radius 2 is 1.81 bits per heavy atom. The van der Waals surface area contributed by atoms with E-state index in [0.717, 1.165) is 54.3 Å². The molecular formula is C21H26N2O3. The first-order chi connectivity index (χ1) is 12.5. The van der Waals surface area contributed by atoms with Crippen molar-refractivity contribution in [2.24, 2.45) is 0 Å². The second-order valence-electron chi connectivity index (χ2n) is 7.20. The summed E-state index contributed by atoms with van der Waals surface area (Å²) in [5.41, 5.74) is 3.37. The van der Waals surface area contributed by atoms with Gasteiger partial charge in [0, 0.05) is 17.1 Å². The quantitative estimate of drug-likeness (QED) is 0.673. The van der Waals surface area contributed by atoms with Crippen LogP contribution >= 0.6 is 0 Å². The molecule has 0 unspecified atom stereocenters. The van der Waals surface area contributed by atoms with Crippen LogP contribution in [0, 0.1) is 0 Å². The lowest BCUT2D eigenvalue weighted by molar-refractivity contribution is -0.129. The number of aromatic nitrogens is 1. The summed E-state index contributed by atoms with van der Waals surface area (Å²) >= 11 is 0. The van der Waals surface area contributed by atoms with Gasteiger partial charge in [0.15, 0.2) is 6.10 Å². The molecule has 1 heterocycles. The summed E-state index contributed by atoms with van der Waals surface area (Å²) in [5, 5.41) is 3.58. The standard InChI is InChI=1S/C21H26N2O3/c1-13(2)22-20(24)14(3)26-21(25)19-15-9-5-4-6-11-17(15)23-18-12-8-7-10-16(18)19/h7-8,10,12-14H,4-6,9,11H2,1-3H3,(H,22,24)/t14-/m0/s1. The molecule has 0 saturated heterocycles. The molecular weight excluding hydrogens is 328 g/mol. The van der Waals surface area contributed by atoms with Crippen molar-refractivity contribution in [1.29, 1.82) is 0 Å². The van der Waals surface area contributed by atoms with Crippen LogP contribution in [0.5, 0.6) is 0 Å². The maximum absolute atomic E-state index is 13.0. The van der Waals surface area contributed by atoms with E-state index in [4.69, 9.17) is 9.72 Å². The minimum absolute atomic E-state index is 0.00156. The molecule has 0 aliphatic heterocycles. The summed E-state index contributed by atoms with van der Waals surface area (Å²) < 4.78 is 5.54. The van der Waals surface area contributed by atoms with Crippen molar-refractivity contribution in [2.75, 3.05) is 0 Å². The first kappa shape index (κ1) is 18.4. The first-order valence-electron chi connectivity index (χ1n) is 9.39. The maximum Gasteiger partial charge on any atom is 0.339 e. The number of nitrogens with one attached hydrogen (secondary N) is 1. The SMILES string of the molecule is CC(C)NC(=O)[C@H](C)OC(=O)c1c2c(nc3ccccc13)CCCCC2. The molecule has 5 heteroatoms. The van der Waals surface area contributed by atoms with Crippen LogP contribution in [0.15, 0.2) is 24.3 Å². The van der Waals surface area contributed by atoms with Crippen LogP contribution in [0.1, 0.15) is 61.6 Å². The Hall–Kier alpha value is -2.43. The lowest BCUT2D eigenvalue weighted by Gasteiger charge is -2.18. The van der Waals surface area contributed by atoms with Crippen LogP contribution in [0.3, 0.4) is 0 Å². The number of nitrogens with zero attached hydrogens (tertiary/aromatic N) is 1. The molecule has 2 aromatic rings. The zero-order valence-corrected chi connectivity index (χ0v) is 15.7. The monoisotopic (exact) mass is 354 g/mol. The number of ether oxygens (including phenoxy) is 1. The molecule has 1 aromatic carbocycles. The van der Waals surface area contributed by atoms with Crippen molar-refractivity contribution in [3.63, 3.8) is 0 Å². The van der Waals surface area contributed by atoms with E-state index in [0.29, 0.717) is 5.56 Å². The average molecular weight is 354 g/mol. The number of hydrogen-bond acceptors (Lipinski definition) is 4. The summed E-state index contributed by atoms with van der Waals surface area (Å²) in [4.78, 5) is 29.9. The summed E-state index contributed by atoms with van der Waals surface area (Å²) in [6.07, 6.45) is 4.12. The maximum atomic E-state index is 13.0. The Morgan fingerprint density at radius 1 is 1.08 bits per heavy atom. The molecule has 0 spiro atoms. The number of hydrogen-bond donors (Lipinski definition) is 1. The average Bonchev–Trinajstić information content (AvgIpc) is 2.83. The van der Waals surface area contributed by atoms with Gasteiger partial charge in [-0.05, 0) is 58.1 Å². The van der Waals surface area contributed by atoms with E-state index in [1.165, 1.54) is 0 Å². The number of rotatable bonds is 4. The Balaban J connectivity index is 1.98. The summed E-state index contributed by atoms with van der Waals surface area (Å²) in [6.45, 7) is 5.36. The Kier molecular flexibility index (Phi) is 5.55. The predicted octanol–water partition coefficient (Wildman–Crippen LogP) is 3.57. The van der Waals surface area contributed by atoms with Crippen molar-refractivity contribution in [1.82, 2.24) is 10.3 Å². The lowest BCUT2D eigenvalue weighted by atomic mass is 9.97. The third-order valence-electron chi connectivity index (χ3n) is 4.71. The van der Waals surface area contributed by atoms with Gasteiger partial charge in [0.05, 0.1) is 11.1 Å².